The van der Waals surface area contributed by atoms with Gasteiger partial charge >= 0.3 is 0 Å². The molecule has 0 bridgehead atoms. The molecular weight excluding hydrogens is 310 g/mol. The number of hydrogen-bond acceptors (Lipinski definition) is 5. The number of amides is 2. The van der Waals surface area contributed by atoms with Crippen LogP contribution in [0.2, 0.25) is 0 Å². The Morgan fingerprint density at radius 2 is 1.79 bits per heavy atom. The number of hydrogen-bond donors (Lipinski definition) is 2. The summed E-state index contributed by atoms with van der Waals surface area (Å²) < 4.78 is 10.5. The van der Waals surface area contributed by atoms with E-state index in [1.54, 1.807) is 26.2 Å². The number of anilines is 1. The molecule has 2 rings (SSSR count). The van der Waals surface area contributed by atoms with E-state index in [0.717, 1.165) is 13.1 Å². The van der Waals surface area contributed by atoms with E-state index in [2.05, 4.69) is 10.6 Å². The summed E-state index contributed by atoms with van der Waals surface area (Å²) in [6.45, 7) is 3.57. The Morgan fingerprint density at radius 3 is 2.25 bits per heavy atom. The van der Waals surface area contributed by atoms with E-state index in [0.29, 0.717) is 28.7 Å². The lowest BCUT2D eigenvalue weighted by molar-refractivity contribution is -0.121. The third-order valence-electron chi connectivity index (χ3n) is 4.35. The molecular formula is C17H25N3O4. The molecule has 132 valence electrons. The maximum absolute atomic E-state index is 12.5. The number of nitrogens with zero attached hydrogens (tertiary/aromatic N) is 1. The summed E-state index contributed by atoms with van der Waals surface area (Å²) in [7, 11) is 6.34. The fraction of sp³-hybridized carbons (Fsp3) is 0.529. The first-order valence-electron chi connectivity index (χ1n) is 7.88. The Labute approximate surface area is 142 Å². The van der Waals surface area contributed by atoms with Crippen LogP contribution in [0.5, 0.6) is 11.5 Å². The zero-order valence-corrected chi connectivity index (χ0v) is 14.8. The van der Waals surface area contributed by atoms with Gasteiger partial charge in [-0.2, -0.15) is 0 Å². The summed E-state index contributed by atoms with van der Waals surface area (Å²) >= 11 is 0. The first-order chi connectivity index (χ1) is 11.4. The fourth-order valence-electron chi connectivity index (χ4n) is 2.53. The topological polar surface area (TPSA) is 79.9 Å². The molecule has 0 aliphatic carbocycles. The minimum absolute atomic E-state index is 0.110. The Balaban J connectivity index is 2.34. The van der Waals surface area contributed by atoms with Crippen LogP contribution in [0.15, 0.2) is 12.1 Å². The van der Waals surface area contributed by atoms with Crippen LogP contribution < -0.4 is 20.1 Å². The van der Waals surface area contributed by atoms with Crippen molar-refractivity contribution < 1.29 is 19.1 Å². The van der Waals surface area contributed by atoms with Crippen LogP contribution in [0, 0.1) is 11.8 Å². The molecule has 1 fully saturated rings. The lowest BCUT2D eigenvalue weighted by atomic mass is 9.88. The highest BCUT2D eigenvalue weighted by Gasteiger charge is 2.30. The van der Waals surface area contributed by atoms with Crippen molar-refractivity contribution in [2.75, 3.05) is 46.7 Å². The Morgan fingerprint density at radius 1 is 1.21 bits per heavy atom. The molecule has 1 atom stereocenters. The van der Waals surface area contributed by atoms with E-state index in [1.807, 2.05) is 6.92 Å². The third-order valence-corrected chi connectivity index (χ3v) is 4.35. The van der Waals surface area contributed by atoms with E-state index in [9.17, 15) is 9.59 Å². The zero-order chi connectivity index (χ0) is 17.9. The number of methoxy groups -OCH3 is 2. The van der Waals surface area contributed by atoms with E-state index >= 15 is 0 Å². The molecule has 7 heteroatoms. The van der Waals surface area contributed by atoms with E-state index in [-0.39, 0.29) is 17.7 Å². The largest absolute Gasteiger partial charge is 0.493 e. The van der Waals surface area contributed by atoms with Crippen molar-refractivity contribution >= 4 is 17.5 Å². The maximum atomic E-state index is 12.5. The highest BCUT2D eigenvalue weighted by Crippen LogP contribution is 2.34. The number of nitrogens with one attached hydrogen (secondary N) is 2. The Kier molecular flexibility index (Phi) is 5.66. The Hall–Kier alpha value is -2.28. The molecule has 1 aliphatic rings. The molecule has 0 spiro atoms. The second-order valence-electron chi connectivity index (χ2n) is 6.15. The molecule has 1 unspecified atom stereocenters. The zero-order valence-electron chi connectivity index (χ0n) is 14.8. The smallest absolute Gasteiger partial charge is 0.255 e. The minimum Gasteiger partial charge on any atom is -0.493 e. The van der Waals surface area contributed by atoms with E-state index < -0.39 is 0 Å². The molecule has 0 aromatic heterocycles. The molecule has 0 radical (unpaired) electrons. The number of carbonyl (C=O) groups is 2. The minimum atomic E-state index is -0.218. The Bertz CT molecular complexity index is 627. The van der Waals surface area contributed by atoms with Crippen molar-refractivity contribution in [3.8, 4) is 11.5 Å². The molecule has 0 saturated carbocycles. The van der Waals surface area contributed by atoms with E-state index in [4.69, 9.17) is 9.47 Å². The van der Waals surface area contributed by atoms with Gasteiger partial charge in [0.25, 0.3) is 5.91 Å². The normalized spacial score (nSPS) is 15.2. The van der Waals surface area contributed by atoms with Crippen molar-refractivity contribution in [3.05, 3.63) is 17.7 Å². The molecule has 7 nitrogen and oxygen atoms in total. The molecule has 2 N–H and O–H groups in total. The second-order valence-corrected chi connectivity index (χ2v) is 6.15. The summed E-state index contributed by atoms with van der Waals surface area (Å²) in [6.07, 6.45) is 0. The summed E-state index contributed by atoms with van der Waals surface area (Å²) in [5.41, 5.74) is 0.792. The first-order valence-corrected chi connectivity index (χ1v) is 7.88. The molecule has 1 aromatic carbocycles. The van der Waals surface area contributed by atoms with Gasteiger partial charge < -0.3 is 25.0 Å². The first kappa shape index (κ1) is 18.1. The number of benzene rings is 1. The highest BCUT2D eigenvalue weighted by molar-refractivity contribution is 6.04. The molecule has 1 heterocycles. The lowest BCUT2D eigenvalue weighted by Gasteiger charge is -2.32. The molecule has 1 saturated heterocycles. The van der Waals surface area contributed by atoms with Crippen LogP contribution in [-0.2, 0) is 4.79 Å². The van der Waals surface area contributed by atoms with Gasteiger partial charge in [0.05, 0.1) is 25.5 Å². The van der Waals surface area contributed by atoms with Gasteiger partial charge in [-0.15, -0.1) is 0 Å². The van der Waals surface area contributed by atoms with Gasteiger partial charge in [0.15, 0.2) is 11.5 Å². The SMILES string of the molecule is COc1cc(NC(=O)C(C)C2CNC2)c(C(=O)N(C)C)cc1OC. The van der Waals surface area contributed by atoms with Crippen LogP contribution >= 0.6 is 0 Å². The van der Waals surface area contributed by atoms with Crippen LogP contribution in [0.3, 0.4) is 0 Å². The third kappa shape index (κ3) is 3.62. The summed E-state index contributed by atoms with van der Waals surface area (Å²) in [4.78, 5) is 26.4. The maximum Gasteiger partial charge on any atom is 0.255 e. The van der Waals surface area contributed by atoms with Crippen molar-refractivity contribution in [2.24, 2.45) is 11.8 Å². The standard InChI is InChI=1S/C17H25N3O4/c1-10(11-8-18-9-11)16(21)19-13-7-15(24-5)14(23-4)6-12(13)17(22)20(2)3/h6-7,10-11,18H,8-9H2,1-5H3,(H,19,21). The number of carbonyl (C=O) groups excluding carboxylic acids is 2. The van der Waals surface area contributed by atoms with Gasteiger partial charge in [-0.05, 0) is 25.1 Å². The quantitative estimate of drug-likeness (QED) is 0.817. The predicted octanol–water partition coefficient (Wildman–Crippen LogP) is 1.20. The van der Waals surface area contributed by atoms with Gasteiger partial charge in [0.2, 0.25) is 5.91 Å². The average molecular weight is 335 g/mol. The number of rotatable bonds is 6. The van der Waals surface area contributed by atoms with E-state index in [1.165, 1.54) is 19.1 Å². The highest BCUT2D eigenvalue weighted by atomic mass is 16.5. The second kappa shape index (κ2) is 7.53. The van der Waals surface area contributed by atoms with Gasteiger partial charge in [0.1, 0.15) is 0 Å². The van der Waals surface area contributed by atoms with Crippen LogP contribution in [0.4, 0.5) is 5.69 Å². The van der Waals surface area contributed by atoms with Gasteiger partial charge in [-0.3, -0.25) is 9.59 Å². The molecule has 24 heavy (non-hydrogen) atoms. The van der Waals surface area contributed by atoms with Crippen molar-refractivity contribution in [3.63, 3.8) is 0 Å². The lowest BCUT2D eigenvalue weighted by Crippen LogP contribution is -2.48. The van der Waals surface area contributed by atoms with Crippen molar-refractivity contribution in [1.29, 1.82) is 0 Å². The van der Waals surface area contributed by atoms with Gasteiger partial charge in [-0.25, -0.2) is 0 Å². The monoisotopic (exact) mass is 335 g/mol. The fourth-order valence-corrected chi connectivity index (χ4v) is 2.53. The molecule has 1 aromatic rings. The van der Waals surface area contributed by atoms with Crippen LogP contribution in [0.1, 0.15) is 17.3 Å². The number of ether oxygens (including phenoxy) is 2. The van der Waals surface area contributed by atoms with Crippen molar-refractivity contribution in [1.82, 2.24) is 10.2 Å². The van der Waals surface area contributed by atoms with Crippen LogP contribution in [-0.4, -0.2) is 58.1 Å². The van der Waals surface area contributed by atoms with Gasteiger partial charge in [-0.1, -0.05) is 6.92 Å². The summed E-state index contributed by atoms with van der Waals surface area (Å²) in [6, 6.07) is 3.21. The molecule has 2 amide bonds. The van der Waals surface area contributed by atoms with Crippen LogP contribution in [0.25, 0.3) is 0 Å². The summed E-state index contributed by atoms with van der Waals surface area (Å²) in [5.74, 6) is 0.753. The predicted molar refractivity (Wildman–Crippen MR) is 91.7 cm³/mol. The average Bonchev–Trinajstić information content (AvgIpc) is 2.51. The summed E-state index contributed by atoms with van der Waals surface area (Å²) in [5, 5.41) is 6.03. The van der Waals surface area contributed by atoms with Crippen molar-refractivity contribution in [2.45, 2.75) is 6.92 Å². The molecule has 1 aliphatic heterocycles. The van der Waals surface area contributed by atoms with Gasteiger partial charge in [0, 0.05) is 26.1 Å².